The van der Waals surface area contributed by atoms with Crippen LogP contribution in [0.5, 0.6) is 0 Å². The van der Waals surface area contributed by atoms with E-state index in [2.05, 4.69) is 48.6 Å². The second-order valence-corrected chi connectivity index (χ2v) is 4.22. The van der Waals surface area contributed by atoms with E-state index in [1.54, 1.807) is 12.2 Å². The predicted molar refractivity (Wildman–Crippen MR) is 73.9 cm³/mol. The lowest BCUT2D eigenvalue weighted by molar-refractivity contribution is 0.0826. The molecule has 0 spiro atoms. The first-order chi connectivity index (χ1) is 8.81. The van der Waals surface area contributed by atoms with Gasteiger partial charge in [-0.25, -0.2) is 0 Å². The highest BCUT2D eigenvalue weighted by Gasteiger charge is 2.52. The smallest absolute Gasteiger partial charge is 0.217 e. The van der Waals surface area contributed by atoms with Gasteiger partial charge in [0.1, 0.15) is 6.10 Å². The molecule has 4 rings (SSSR count). The maximum atomic E-state index is 9.09. The van der Waals surface area contributed by atoms with Crippen molar-refractivity contribution in [3.05, 3.63) is 72.9 Å². The summed E-state index contributed by atoms with van der Waals surface area (Å²) in [6.45, 7) is 0. The van der Waals surface area contributed by atoms with Gasteiger partial charge in [0.15, 0.2) is 0 Å². The van der Waals surface area contributed by atoms with Crippen molar-refractivity contribution >= 4 is 0 Å². The fraction of sp³-hybridized carbons (Fsp3) is 0.250. The van der Waals surface area contributed by atoms with Crippen molar-refractivity contribution in [1.82, 2.24) is 0 Å². The van der Waals surface area contributed by atoms with Gasteiger partial charge in [0.05, 0.1) is 0 Å². The third-order valence-corrected chi connectivity index (χ3v) is 2.71. The Bertz CT molecular complexity index is 396. The Labute approximate surface area is 108 Å². The minimum Gasteiger partial charge on any atom is -0.360 e. The molecule has 1 N–H and O–H groups in total. The zero-order valence-corrected chi connectivity index (χ0v) is 10.3. The van der Waals surface area contributed by atoms with Gasteiger partial charge in [-0.1, -0.05) is 66.8 Å². The third kappa shape index (κ3) is 3.99. The highest BCUT2D eigenvalue weighted by molar-refractivity contribution is 5.26. The summed E-state index contributed by atoms with van der Waals surface area (Å²) in [5.74, 6) is -0.922. The minimum atomic E-state index is -0.922. The molecule has 0 aromatic heterocycles. The van der Waals surface area contributed by atoms with E-state index in [0.29, 0.717) is 0 Å². The molecule has 94 valence electrons. The molecule has 0 bridgehead atoms. The first-order valence-electron chi connectivity index (χ1n) is 6.21. The van der Waals surface area contributed by atoms with Crippen LogP contribution in [0.15, 0.2) is 72.9 Å². The van der Waals surface area contributed by atoms with Crippen molar-refractivity contribution in [3.63, 3.8) is 0 Å². The Kier molecular flexibility index (Phi) is 4.51. The maximum absolute atomic E-state index is 9.09. The van der Waals surface area contributed by atoms with E-state index in [4.69, 9.17) is 9.84 Å². The van der Waals surface area contributed by atoms with Crippen molar-refractivity contribution in [2.75, 3.05) is 0 Å². The number of epoxide rings is 1. The van der Waals surface area contributed by atoms with Gasteiger partial charge in [-0.15, -0.1) is 0 Å². The standard InChI is InChI=1S/C6H6O2.2C5H6/c7-6-4-2-1-3-5(6)8-6;2*1-2-4-5-3-1/h1-5,7H;2*1-4H,5H2. The second-order valence-electron chi connectivity index (χ2n) is 4.22. The van der Waals surface area contributed by atoms with Gasteiger partial charge in [-0.05, 0) is 18.9 Å². The van der Waals surface area contributed by atoms with E-state index in [0.717, 1.165) is 12.8 Å². The van der Waals surface area contributed by atoms with Gasteiger partial charge in [-0.3, -0.25) is 0 Å². The lowest BCUT2D eigenvalue weighted by Crippen LogP contribution is -2.09. The molecule has 4 aliphatic rings. The average Bonchev–Trinajstić information content (AvgIpc) is 2.94. The number of aliphatic hydroxyl groups is 1. The highest BCUT2D eigenvalue weighted by atomic mass is 16.7. The summed E-state index contributed by atoms with van der Waals surface area (Å²) in [5.41, 5.74) is 0. The Morgan fingerprint density at radius 1 is 0.833 bits per heavy atom. The molecule has 0 radical (unpaired) electrons. The topological polar surface area (TPSA) is 32.8 Å². The molecule has 0 amide bonds. The van der Waals surface area contributed by atoms with Crippen molar-refractivity contribution < 1.29 is 9.84 Å². The van der Waals surface area contributed by atoms with E-state index >= 15 is 0 Å². The van der Waals surface area contributed by atoms with Crippen LogP contribution in [0, 0.1) is 0 Å². The quantitative estimate of drug-likeness (QED) is 0.662. The Hall–Kier alpha value is -1.64. The van der Waals surface area contributed by atoms with Gasteiger partial charge < -0.3 is 9.84 Å². The third-order valence-electron chi connectivity index (χ3n) is 2.71. The van der Waals surface area contributed by atoms with Crippen molar-refractivity contribution in [2.24, 2.45) is 0 Å². The van der Waals surface area contributed by atoms with Gasteiger partial charge in [0.2, 0.25) is 5.79 Å². The molecule has 2 atom stereocenters. The van der Waals surface area contributed by atoms with Crippen molar-refractivity contribution in [1.29, 1.82) is 0 Å². The first-order valence-corrected chi connectivity index (χ1v) is 6.21. The number of allylic oxidation sites excluding steroid dienone is 10. The fourth-order valence-electron chi connectivity index (χ4n) is 1.62. The number of ether oxygens (including phenoxy) is 1. The monoisotopic (exact) mass is 242 g/mol. The van der Waals surface area contributed by atoms with E-state index < -0.39 is 5.79 Å². The summed E-state index contributed by atoms with van der Waals surface area (Å²) in [6, 6.07) is 0. The van der Waals surface area contributed by atoms with E-state index in [9.17, 15) is 0 Å². The van der Waals surface area contributed by atoms with Gasteiger partial charge in [-0.2, -0.15) is 0 Å². The first kappa shape index (κ1) is 12.8. The average molecular weight is 242 g/mol. The Balaban J connectivity index is 0.000000106. The second kappa shape index (κ2) is 6.34. The molecule has 2 nitrogen and oxygen atoms in total. The summed E-state index contributed by atoms with van der Waals surface area (Å²) in [5, 5.41) is 9.09. The van der Waals surface area contributed by atoms with Crippen LogP contribution in [0.2, 0.25) is 0 Å². The highest BCUT2D eigenvalue weighted by Crippen LogP contribution is 2.37. The van der Waals surface area contributed by atoms with Crippen molar-refractivity contribution in [3.8, 4) is 0 Å². The zero-order valence-electron chi connectivity index (χ0n) is 10.3. The molecule has 1 fully saturated rings. The summed E-state index contributed by atoms with van der Waals surface area (Å²) in [7, 11) is 0. The van der Waals surface area contributed by atoms with Crippen LogP contribution in [0.1, 0.15) is 12.8 Å². The molecule has 1 saturated heterocycles. The molecule has 3 aliphatic carbocycles. The van der Waals surface area contributed by atoms with Crippen molar-refractivity contribution in [2.45, 2.75) is 24.7 Å². The maximum Gasteiger partial charge on any atom is 0.217 e. The predicted octanol–water partition coefficient (Wildman–Crippen LogP) is 3.20. The summed E-state index contributed by atoms with van der Waals surface area (Å²) in [4.78, 5) is 0. The van der Waals surface area contributed by atoms with Gasteiger partial charge in [0.25, 0.3) is 0 Å². The van der Waals surface area contributed by atoms with Gasteiger partial charge >= 0.3 is 0 Å². The normalized spacial score (nSPS) is 31.5. The van der Waals surface area contributed by atoms with E-state index in [-0.39, 0.29) is 6.10 Å². The van der Waals surface area contributed by atoms with Crippen LogP contribution in [-0.4, -0.2) is 17.0 Å². The van der Waals surface area contributed by atoms with Crippen LogP contribution < -0.4 is 0 Å². The molecule has 2 unspecified atom stereocenters. The molecule has 2 heteroatoms. The molecule has 1 aliphatic heterocycles. The lowest BCUT2D eigenvalue weighted by Gasteiger charge is -1.95. The summed E-state index contributed by atoms with van der Waals surface area (Å²) >= 11 is 0. The van der Waals surface area contributed by atoms with Crippen LogP contribution in [0.4, 0.5) is 0 Å². The molecular weight excluding hydrogens is 224 g/mol. The lowest BCUT2D eigenvalue weighted by atomic mass is 10.1. The number of fused-ring (bicyclic) bond motifs is 1. The molecular formula is C16H18O2. The molecule has 0 aromatic rings. The SMILES string of the molecule is C1=CCC=C1.C1=CCC=C1.OC12C=CC=CC1O2. The molecule has 18 heavy (non-hydrogen) atoms. The number of hydrogen-bond acceptors (Lipinski definition) is 2. The largest absolute Gasteiger partial charge is 0.360 e. The van der Waals surface area contributed by atoms with Crippen LogP contribution in [-0.2, 0) is 4.74 Å². The number of rotatable bonds is 0. The molecule has 0 aromatic carbocycles. The number of hydrogen-bond donors (Lipinski definition) is 1. The van der Waals surface area contributed by atoms with E-state index in [1.165, 1.54) is 0 Å². The zero-order chi connectivity index (χ0) is 12.7. The van der Waals surface area contributed by atoms with E-state index in [1.807, 2.05) is 12.2 Å². The van der Waals surface area contributed by atoms with Gasteiger partial charge in [0, 0.05) is 0 Å². The fourth-order valence-corrected chi connectivity index (χ4v) is 1.62. The Morgan fingerprint density at radius 3 is 1.67 bits per heavy atom. The van der Waals surface area contributed by atoms with Crippen LogP contribution >= 0.6 is 0 Å². The summed E-state index contributed by atoms with van der Waals surface area (Å²) in [6.07, 6.45) is 26.1. The molecule has 1 heterocycles. The Morgan fingerprint density at radius 2 is 1.39 bits per heavy atom. The molecule has 0 saturated carbocycles. The van der Waals surface area contributed by atoms with Crippen LogP contribution in [0.3, 0.4) is 0 Å². The van der Waals surface area contributed by atoms with Crippen LogP contribution in [0.25, 0.3) is 0 Å². The summed E-state index contributed by atoms with van der Waals surface area (Å²) < 4.78 is 4.85. The minimum absolute atomic E-state index is 0.0625.